The van der Waals surface area contributed by atoms with Crippen molar-refractivity contribution < 1.29 is 44.0 Å². The van der Waals surface area contributed by atoms with Crippen LogP contribution in [-0.2, 0) is 6.61 Å². The molecule has 2 aromatic rings. The van der Waals surface area contributed by atoms with Crippen LogP contribution in [0.3, 0.4) is 0 Å². The molecular formula is C20H25Br2ClFMg2NO2. The third kappa shape index (κ3) is 13.2. The molecule has 1 unspecified atom stereocenters. The molecular weight excluding hydrogens is 549 g/mol. The van der Waals surface area contributed by atoms with Crippen LogP contribution in [0.1, 0.15) is 35.4 Å². The van der Waals surface area contributed by atoms with Crippen LogP contribution in [0.25, 0.3) is 0 Å². The van der Waals surface area contributed by atoms with E-state index in [1.165, 1.54) is 12.1 Å². The Morgan fingerprint density at radius 1 is 1.03 bits per heavy atom. The Morgan fingerprint density at radius 2 is 1.59 bits per heavy atom. The van der Waals surface area contributed by atoms with Crippen molar-refractivity contribution in [1.29, 1.82) is 0 Å². The fourth-order valence-electron chi connectivity index (χ4n) is 2.85. The van der Waals surface area contributed by atoms with Crippen molar-refractivity contribution in [3.63, 3.8) is 0 Å². The van der Waals surface area contributed by atoms with Crippen molar-refractivity contribution in [3.05, 3.63) is 69.4 Å². The van der Waals surface area contributed by atoms with Crippen molar-refractivity contribution in [2.75, 3.05) is 27.7 Å². The first-order chi connectivity index (χ1) is 12.0. The number of benzene rings is 2. The van der Waals surface area contributed by atoms with Crippen LogP contribution < -0.4 is 39.6 Å². The maximum atomic E-state index is 13.2. The van der Waals surface area contributed by atoms with Gasteiger partial charge in [0, 0.05) is 10.4 Å². The molecule has 0 spiro atoms. The fraction of sp³-hybridized carbons (Fsp3) is 0.400. The van der Waals surface area contributed by atoms with Gasteiger partial charge in [-0.15, -0.1) is 6.61 Å². The molecule has 1 atom stereocenters. The first kappa shape index (κ1) is 37.4. The van der Waals surface area contributed by atoms with E-state index < -0.39 is 0 Å². The molecule has 0 aromatic heterocycles. The molecule has 0 aliphatic rings. The van der Waals surface area contributed by atoms with Gasteiger partial charge in [-0.25, -0.2) is 4.39 Å². The normalized spacial score (nSPS) is 10.2. The zero-order valence-corrected chi connectivity index (χ0v) is 23.9. The van der Waals surface area contributed by atoms with E-state index in [1.54, 1.807) is 0 Å². The average Bonchev–Trinajstić information content (AvgIpc) is 2.61. The standard InChI is InChI=1S/C19H22BrFNO.CH3O.BrH.ClH.2Mg/c1-22(2)11-3-4-18(14-5-8-17(21)9-6-14)19-10-7-16(20)12-15(19)13-23;1-2;;;;/h5-10,12,18H,3-4,11,13H2,1-2H3;1H3;2*1H;;/q2*-1;;;2*+2/p-2. The quantitative estimate of drug-likeness (QED) is 0.319. The van der Waals surface area contributed by atoms with Gasteiger partial charge in [0.05, 0.1) is 0 Å². The number of hydrogen-bond donors (Lipinski definition) is 0. The topological polar surface area (TPSA) is 49.4 Å². The first-order valence-electron chi connectivity index (χ1n) is 8.18. The Morgan fingerprint density at radius 3 is 2.07 bits per heavy atom. The molecule has 0 aliphatic carbocycles. The summed E-state index contributed by atoms with van der Waals surface area (Å²) in [5.41, 5.74) is 2.91. The number of rotatable bonds is 7. The predicted molar refractivity (Wildman–Crippen MR) is 111 cm³/mol. The van der Waals surface area contributed by atoms with Crippen molar-refractivity contribution in [2.24, 2.45) is 0 Å². The number of nitrogens with zero attached hydrogens (tertiary/aromatic N) is 1. The van der Waals surface area contributed by atoms with Crippen LogP contribution >= 0.6 is 15.9 Å². The molecule has 9 heteroatoms. The summed E-state index contributed by atoms with van der Waals surface area (Å²) in [6, 6.07) is 12.5. The molecule has 154 valence electrons. The molecule has 0 aliphatic heterocycles. The molecule has 2 aromatic carbocycles. The molecule has 0 amide bonds. The zero-order chi connectivity index (χ0) is 18.8. The Hall–Kier alpha value is 1.03. The third-order valence-corrected chi connectivity index (χ3v) is 4.50. The fourth-order valence-corrected chi connectivity index (χ4v) is 3.26. The van der Waals surface area contributed by atoms with Crippen LogP contribution in [0.5, 0.6) is 0 Å². The molecule has 0 saturated heterocycles. The van der Waals surface area contributed by atoms with Gasteiger partial charge in [0.15, 0.2) is 0 Å². The predicted octanol–water partition coefficient (Wildman–Crippen LogP) is -3.85. The van der Waals surface area contributed by atoms with E-state index in [-0.39, 0.29) is 93.8 Å². The monoisotopic (exact) mass is 571 g/mol. The molecule has 29 heavy (non-hydrogen) atoms. The molecule has 0 N–H and O–H groups in total. The molecule has 0 heterocycles. The van der Waals surface area contributed by atoms with Gasteiger partial charge in [0.25, 0.3) is 0 Å². The van der Waals surface area contributed by atoms with Crippen molar-refractivity contribution >= 4 is 62.0 Å². The van der Waals surface area contributed by atoms with Gasteiger partial charge in [0.2, 0.25) is 0 Å². The van der Waals surface area contributed by atoms with Gasteiger partial charge in [-0.2, -0.15) is 7.11 Å². The summed E-state index contributed by atoms with van der Waals surface area (Å²) in [5, 5.41) is 19.8. The average molecular weight is 574 g/mol. The van der Waals surface area contributed by atoms with Gasteiger partial charge < -0.3 is 44.5 Å². The maximum absolute atomic E-state index is 13.2. The minimum Gasteiger partial charge on any atom is -1.00 e. The second-order valence-corrected chi connectivity index (χ2v) is 6.95. The minimum absolute atomic E-state index is 0. The van der Waals surface area contributed by atoms with Gasteiger partial charge in [0.1, 0.15) is 5.82 Å². The summed E-state index contributed by atoms with van der Waals surface area (Å²) in [6.07, 6.45) is 1.95. The summed E-state index contributed by atoms with van der Waals surface area (Å²) in [4.78, 5) is 2.15. The first-order valence-corrected chi connectivity index (χ1v) is 8.98. The van der Waals surface area contributed by atoms with Gasteiger partial charge >= 0.3 is 46.1 Å². The van der Waals surface area contributed by atoms with Crippen LogP contribution in [0.2, 0.25) is 0 Å². The number of halogens is 4. The number of hydrogen-bond acceptors (Lipinski definition) is 3. The molecule has 0 radical (unpaired) electrons. The van der Waals surface area contributed by atoms with Gasteiger partial charge in [-0.05, 0) is 68.9 Å². The summed E-state index contributed by atoms with van der Waals surface area (Å²) < 4.78 is 14.2. The zero-order valence-electron chi connectivity index (χ0n) is 17.1. The molecule has 3 nitrogen and oxygen atoms in total. The van der Waals surface area contributed by atoms with Crippen LogP contribution in [0.4, 0.5) is 4.39 Å². The van der Waals surface area contributed by atoms with E-state index in [9.17, 15) is 9.50 Å². The second kappa shape index (κ2) is 20.9. The minimum atomic E-state index is -0.250. The Bertz CT molecular complexity index is 653. The van der Waals surface area contributed by atoms with Crippen LogP contribution in [0, 0.1) is 5.82 Å². The SMILES string of the molecule is CN(C)CCCC(c1ccc(F)cc1)c1ccc(Br)cc1C[O-].C[O-].[Br-].[Cl-].[Mg+2].[Mg+2]. The Balaban J connectivity index is -0.000000505. The van der Waals surface area contributed by atoms with Gasteiger partial charge in [-0.1, -0.05) is 39.7 Å². The summed E-state index contributed by atoms with van der Waals surface area (Å²) in [6.45, 7) is 0.737. The van der Waals surface area contributed by atoms with E-state index in [0.717, 1.165) is 47.7 Å². The van der Waals surface area contributed by atoms with Crippen molar-refractivity contribution in [1.82, 2.24) is 4.90 Å². The van der Waals surface area contributed by atoms with Crippen LogP contribution in [-0.4, -0.2) is 78.8 Å². The van der Waals surface area contributed by atoms with E-state index in [1.807, 2.05) is 30.3 Å². The van der Waals surface area contributed by atoms with E-state index in [2.05, 4.69) is 34.9 Å². The largest absolute Gasteiger partial charge is 2.00 e. The molecule has 2 rings (SSSR count). The van der Waals surface area contributed by atoms with Crippen LogP contribution in [0.15, 0.2) is 46.9 Å². The van der Waals surface area contributed by atoms with Crippen molar-refractivity contribution in [3.8, 4) is 0 Å². The van der Waals surface area contributed by atoms with E-state index in [4.69, 9.17) is 5.11 Å². The second-order valence-electron chi connectivity index (χ2n) is 6.04. The van der Waals surface area contributed by atoms with E-state index in [0.29, 0.717) is 0 Å². The summed E-state index contributed by atoms with van der Waals surface area (Å²) >= 11 is 3.43. The van der Waals surface area contributed by atoms with E-state index >= 15 is 0 Å². The summed E-state index contributed by atoms with van der Waals surface area (Å²) in [7, 11) is 4.85. The maximum Gasteiger partial charge on any atom is 2.00 e. The molecule has 0 fully saturated rings. The molecule has 0 saturated carbocycles. The van der Waals surface area contributed by atoms with Gasteiger partial charge in [-0.3, -0.25) is 0 Å². The Kier molecular flexibility index (Phi) is 26.9. The Labute approximate surface area is 231 Å². The summed E-state index contributed by atoms with van der Waals surface area (Å²) in [5.74, 6) is -0.117. The third-order valence-electron chi connectivity index (χ3n) is 4.01. The smallest absolute Gasteiger partial charge is 1.00 e. The van der Waals surface area contributed by atoms with Crippen molar-refractivity contribution in [2.45, 2.75) is 25.4 Å². The molecule has 0 bridgehead atoms.